The molecule has 0 atom stereocenters. The normalized spacial score (nSPS) is 17.2. The van der Waals surface area contributed by atoms with Crippen molar-refractivity contribution in [3.63, 3.8) is 0 Å². The molecular weight excluding hydrogens is 412 g/mol. The number of unbranched alkanes of at least 4 members (excludes halogenated alkanes) is 1. The zero-order chi connectivity index (χ0) is 22.8. The summed E-state index contributed by atoms with van der Waals surface area (Å²) in [6, 6.07) is 16.6. The second-order valence-corrected chi connectivity index (χ2v) is 9.13. The lowest BCUT2D eigenvalue weighted by molar-refractivity contribution is -0.131. The summed E-state index contributed by atoms with van der Waals surface area (Å²) in [5.74, 6) is 1.92. The lowest BCUT2D eigenvalue weighted by Gasteiger charge is -2.23. The van der Waals surface area contributed by atoms with E-state index in [1.165, 1.54) is 0 Å². The molecule has 1 saturated carbocycles. The molecule has 3 aromatic rings. The molecule has 0 N–H and O–H groups in total. The van der Waals surface area contributed by atoms with E-state index in [1.54, 1.807) is 4.68 Å². The molecule has 1 fully saturated rings. The fraction of sp³-hybridized carbons (Fsp3) is 0.423. The van der Waals surface area contributed by atoms with Crippen LogP contribution in [0.25, 0.3) is 22.5 Å². The summed E-state index contributed by atoms with van der Waals surface area (Å²) in [5.41, 5.74) is 3.80. The molecule has 0 radical (unpaired) electrons. The smallest absolute Gasteiger partial charge is 0.256 e. The molecule has 1 aliphatic carbocycles. The molecule has 7 nitrogen and oxygen atoms in total. The van der Waals surface area contributed by atoms with E-state index in [1.807, 2.05) is 30.1 Å². The number of tetrazole rings is 1. The first-order chi connectivity index (χ1) is 16.1. The Hall–Kier alpha value is -3.35. The van der Waals surface area contributed by atoms with Crippen LogP contribution >= 0.6 is 0 Å². The maximum atomic E-state index is 13.4. The molecule has 1 aromatic heterocycles. The molecule has 33 heavy (non-hydrogen) atoms. The predicted molar refractivity (Wildman–Crippen MR) is 128 cm³/mol. The van der Waals surface area contributed by atoms with Gasteiger partial charge in [0.1, 0.15) is 11.4 Å². The number of hydrogen-bond donors (Lipinski definition) is 0. The van der Waals surface area contributed by atoms with E-state index in [0.717, 1.165) is 78.9 Å². The summed E-state index contributed by atoms with van der Waals surface area (Å²) >= 11 is 0. The van der Waals surface area contributed by atoms with Gasteiger partial charge < -0.3 is 0 Å². The first-order valence-electron chi connectivity index (χ1n) is 11.9. The summed E-state index contributed by atoms with van der Waals surface area (Å²) < 4.78 is 1.68. The van der Waals surface area contributed by atoms with Gasteiger partial charge in [-0.05, 0) is 46.4 Å². The standard InChI is InChI=1S/C26H30N6O/c1-3-4-11-23-27-26(16-7-8-17-26)25(33)32(23)18-19-12-14-20(15-13-19)21-9-5-6-10-22(21)24-28-29-30-31(24)2/h5-6,9-10,12-15H,3-4,7-8,11,16-18H2,1-2H3. The van der Waals surface area contributed by atoms with Crippen molar-refractivity contribution in [3.05, 3.63) is 54.1 Å². The summed E-state index contributed by atoms with van der Waals surface area (Å²) in [6.45, 7) is 2.76. The number of aryl methyl sites for hydroxylation is 1. The van der Waals surface area contributed by atoms with Gasteiger partial charge in [0.25, 0.3) is 5.91 Å². The quantitative estimate of drug-likeness (QED) is 0.527. The molecule has 0 unspecified atom stereocenters. The Morgan fingerprint density at radius 3 is 2.39 bits per heavy atom. The van der Waals surface area contributed by atoms with E-state index in [0.29, 0.717) is 6.54 Å². The van der Waals surface area contributed by atoms with Crippen LogP contribution in [0.15, 0.2) is 53.5 Å². The van der Waals surface area contributed by atoms with Crippen molar-refractivity contribution in [2.24, 2.45) is 12.0 Å². The molecule has 1 amide bonds. The topological polar surface area (TPSA) is 76.3 Å². The minimum Gasteiger partial charge on any atom is -0.294 e. The van der Waals surface area contributed by atoms with Crippen LogP contribution in [0, 0.1) is 0 Å². The minimum absolute atomic E-state index is 0.204. The predicted octanol–water partition coefficient (Wildman–Crippen LogP) is 4.79. The number of amides is 1. The van der Waals surface area contributed by atoms with Gasteiger partial charge in [0.15, 0.2) is 5.82 Å². The van der Waals surface area contributed by atoms with Crippen molar-refractivity contribution in [2.45, 2.75) is 64.0 Å². The number of benzene rings is 2. The molecule has 0 saturated heterocycles. The van der Waals surface area contributed by atoms with Gasteiger partial charge in [0.05, 0.1) is 6.54 Å². The molecule has 2 aliphatic rings. The third-order valence-corrected chi connectivity index (χ3v) is 6.88. The Kier molecular flexibility index (Phi) is 5.79. The number of carbonyl (C=O) groups excluding carboxylic acids is 1. The van der Waals surface area contributed by atoms with Gasteiger partial charge in [0.2, 0.25) is 0 Å². The van der Waals surface area contributed by atoms with Crippen molar-refractivity contribution in [2.75, 3.05) is 0 Å². The highest BCUT2D eigenvalue weighted by Gasteiger charge is 2.49. The Morgan fingerprint density at radius 1 is 1.00 bits per heavy atom. The molecule has 0 bridgehead atoms. The number of rotatable bonds is 7. The van der Waals surface area contributed by atoms with E-state index >= 15 is 0 Å². The van der Waals surface area contributed by atoms with E-state index in [9.17, 15) is 4.79 Å². The second-order valence-electron chi connectivity index (χ2n) is 9.13. The van der Waals surface area contributed by atoms with Crippen LogP contribution < -0.4 is 0 Å². The van der Waals surface area contributed by atoms with Gasteiger partial charge in [-0.2, -0.15) is 0 Å². The van der Waals surface area contributed by atoms with Crippen molar-refractivity contribution >= 4 is 11.7 Å². The van der Waals surface area contributed by atoms with Crippen LogP contribution in [0.1, 0.15) is 57.4 Å². The summed E-state index contributed by atoms with van der Waals surface area (Å²) in [6.07, 6.45) is 7.02. The molecule has 2 aromatic carbocycles. The Morgan fingerprint density at radius 2 is 1.73 bits per heavy atom. The van der Waals surface area contributed by atoms with E-state index < -0.39 is 5.54 Å². The van der Waals surface area contributed by atoms with Gasteiger partial charge in [-0.3, -0.25) is 14.7 Å². The van der Waals surface area contributed by atoms with Crippen molar-refractivity contribution in [1.82, 2.24) is 25.1 Å². The zero-order valence-corrected chi connectivity index (χ0v) is 19.4. The number of nitrogens with zero attached hydrogens (tertiary/aromatic N) is 6. The first kappa shape index (κ1) is 21.5. The van der Waals surface area contributed by atoms with Crippen LogP contribution in [-0.2, 0) is 18.4 Å². The molecule has 1 spiro atoms. The Bertz CT molecular complexity index is 1170. The second kappa shape index (κ2) is 8.89. The van der Waals surface area contributed by atoms with Crippen molar-refractivity contribution < 1.29 is 4.79 Å². The average Bonchev–Trinajstić information content (AvgIpc) is 3.55. The van der Waals surface area contributed by atoms with E-state index in [2.05, 4.69) is 52.8 Å². The van der Waals surface area contributed by atoms with Crippen LogP contribution in [0.3, 0.4) is 0 Å². The third-order valence-electron chi connectivity index (χ3n) is 6.88. The van der Waals surface area contributed by atoms with Gasteiger partial charge >= 0.3 is 0 Å². The number of carbonyl (C=O) groups is 1. The van der Waals surface area contributed by atoms with Gasteiger partial charge in [-0.1, -0.05) is 74.7 Å². The average molecular weight is 443 g/mol. The van der Waals surface area contributed by atoms with Crippen LogP contribution in [0.4, 0.5) is 0 Å². The number of amidine groups is 1. The van der Waals surface area contributed by atoms with Gasteiger partial charge in [-0.15, -0.1) is 5.10 Å². The van der Waals surface area contributed by atoms with E-state index in [4.69, 9.17) is 4.99 Å². The van der Waals surface area contributed by atoms with Gasteiger partial charge in [-0.25, -0.2) is 4.68 Å². The summed E-state index contributed by atoms with van der Waals surface area (Å²) in [7, 11) is 1.84. The lowest BCUT2D eigenvalue weighted by Crippen LogP contribution is -2.40. The first-order valence-corrected chi connectivity index (χ1v) is 11.9. The number of aliphatic imine (C=N–C) groups is 1. The summed E-state index contributed by atoms with van der Waals surface area (Å²) in [4.78, 5) is 20.3. The number of hydrogen-bond acceptors (Lipinski definition) is 5. The zero-order valence-electron chi connectivity index (χ0n) is 19.4. The van der Waals surface area contributed by atoms with Crippen LogP contribution in [-0.4, -0.2) is 42.4 Å². The molecule has 2 heterocycles. The lowest BCUT2D eigenvalue weighted by atomic mass is 9.97. The molecule has 1 aliphatic heterocycles. The highest BCUT2D eigenvalue weighted by atomic mass is 16.2. The molecule has 170 valence electrons. The SMILES string of the molecule is CCCCC1=NC2(CCCC2)C(=O)N1Cc1ccc(-c2ccccc2-c2nnnn2C)cc1. The van der Waals surface area contributed by atoms with Crippen LogP contribution in [0.5, 0.6) is 0 Å². The van der Waals surface area contributed by atoms with Crippen molar-refractivity contribution in [1.29, 1.82) is 0 Å². The molecule has 5 rings (SSSR count). The minimum atomic E-state index is -0.480. The monoisotopic (exact) mass is 442 g/mol. The maximum Gasteiger partial charge on any atom is 0.256 e. The summed E-state index contributed by atoms with van der Waals surface area (Å²) in [5, 5.41) is 11.9. The highest BCUT2D eigenvalue weighted by Crippen LogP contribution is 2.40. The fourth-order valence-electron chi connectivity index (χ4n) is 5.06. The third kappa shape index (κ3) is 3.96. The van der Waals surface area contributed by atoms with E-state index in [-0.39, 0.29) is 5.91 Å². The molecule has 7 heteroatoms. The fourth-order valence-corrected chi connectivity index (χ4v) is 5.06. The van der Waals surface area contributed by atoms with Crippen LogP contribution in [0.2, 0.25) is 0 Å². The van der Waals surface area contributed by atoms with Gasteiger partial charge in [0, 0.05) is 19.0 Å². The maximum absolute atomic E-state index is 13.4. The highest BCUT2D eigenvalue weighted by molar-refractivity contribution is 6.08. The Balaban J connectivity index is 1.39. The largest absolute Gasteiger partial charge is 0.294 e. The Labute approximate surface area is 194 Å². The molecular formula is C26H30N6O. The van der Waals surface area contributed by atoms with Crippen molar-refractivity contribution in [3.8, 4) is 22.5 Å². The number of aromatic nitrogens is 4.